The Morgan fingerprint density at radius 2 is 0.885 bits per heavy atom. The van der Waals surface area contributed by atoms with Crippen LogP contribution < -0.4 is 5.32 Å². The molecule has 0 radical (unpaired) electrons. The van der Waals surface area contributed by atoms with Gasteiger partial charge in [-0.2, -0.15) is 0 Å². The molecule has 0 aliphatic heterocycles. The third-order valence-electron chi connectivity index (χ3n) is 10.1. The van der Waals surface area contributed by atoms with Gasteiger partial charge >= 0.3 is 11.9 Å². The summed E-state index contributed by atoms with van der Waals surface area (Å²) in [6.45, 7) is 4.22. The summed E-state index contributed by atoms with van der Waals surface area (Å²) in [7, 11) is 0. The minimum Gasteiger partial charge on any atom is -0.480 e. The average molecular weight is 732 g/mol. The van der Waals surface area contributed by atoms with Gasteiger partial charge in [0.2, 0.25) is 5.91 Å². The van der Waals surface area contributed by atoms with Gasteiger partial charge in [0.1, 0.15) is 12.6 Å². The molecule has 6 heteroatoms. The van der Waals surface area contributed by atoms with Crippen LogP contribution in [-0.4, -0.2) is 35.6 Å². The first kappa shape index (κ1) is 49.9. The molecule has 0 aromatic heterocycles. The van der Waals surface area contributed by atoms with Crippen molar-refractivity contribution in [2.75, 3.05) is 6.54 Å². The van der Waals surface area contributed by atoms with E-state index in [1.54, 1.807) is 0 Å². The second-order valence-electron chi connectivity index (χ2n) is 15.3. The van der Waals surface area contributed by atoms with Crippen LogP contribution in [0, 0.1) is 0 Å². The molecular formula is C46H85NO5. The minimum atomic E-state index is -1.01. The fraction of sp³-hybridized carbons (Fsp3) is 0.848. The van der Waals surface area contributed by atoms with Gasteiger partial charge in [-0.3, -0.25) is 14.4 Å². The van der Waals surface area contributed by atoms with Crippen LogP contribution in [0.15, 0.2) is 24.3 Å². The van der Waals surface area contributed by atoms with Gasteiger partial charge in [-0.05, 0) is 70.6 Å². The number of carbonyl (C=O) groups excluding carboxylic acids is 2. The van der Waals surface area contributed by atoms with E-state index in [4.69, 9.17) is 9.84 Å². The lowest BCUT2D eigenvalue weighted by Crippen LogP contribution is -2.28. The van der Waals surface area contributed by atoms with E-state index >= 15 is 0 Å². The SMILES string of the molecule is CCCCCCC/C=C\C/C=C\CCCCCCCCCCCC(=O)OC(CCCCCCCCCCC)CCCCCCCC(=O)NCC(=O)O. The molecule has 0 aliphatic rings. The van der Waals surface area contributed by atoms with Gasteiger partial charge in [-0.15, -0.1) is 0 Å². The maximum absolute atomic E-state index is 12.7. The second kappa shape index (κ2) is 41.6. The predicted octanol–water partition coefficient (Wildman–Crippen LogP) is 13.9. The normalized spacial score (nSPS) is 12.2. The first-order chi connectivity index (χ1) is 25.5. The van der Waals surface area contributed by atoms with Crippen molar-refractivity contribution in [3.05, 3.63) is 24.3 Å². The Hall–Kier alpha value is -2.11. The summed E-state index contributed by atoms with van der Waals surface area (Å²) in [5.74, 6) is -1.22. The molecule has 0 saturated heterocycles. The largest absolute Gasteiger partial charge is 0.480 e. The lowest BCUT2D eigenvalue weighted by atomic mass is 10.0. The molecule has 0 aromatic carbocycles. The minimum absolute atomic E-state index is 0.0174. The highest BCUT2D eigenvalue weighted by Gasteiger charge is 2.14. The smallest absolute Gasteiger partial charge is 0.322 e. The zero-order chi connectivity index (χ0) is 38.0. The highest BCUT2D eigenvalue weighted by atomic mass is 16.5. The number of rotatable bonds is 41. The Kier molecular flexibility index (Phi) is 40.0. The standard InChI is InChI=1S/C46H85NO5/c1-3-5-7-9-11-13-14-15-16-17-18-19-20-21-22-23-24-26-28-33-37-41-46(51)52-43(38-34-30-27-25-12-10-8-6-4-2)39-35-31-29-32-36-40-44(48)47-42-45(49)50/h14-15,17-18,43H,3-13,16,19-42H2,1-2H3,(H,47,48)(H,49,50)/b15-14-,18-17-. The summed E-state index contributed by atoms with van der Waals surface area (Å²) in [5.41, 5.74) is 0. The van der Waals surface area contributed by atoms with Gasteiger partial charge in [-0.25, -0.2) is 0 Å². The van der Waals surface area contributed by atoms with Crippen molar-refractivity contribution in [1.29, 1.82) is 0 Å². The summed E-state index contributed by atoms with van der Waals surface area (Å²) < 4.78 is 6.02. The number of amides is 1. The molecule has 1 unspecified atom stereocenters. The molecule has 0 aromatic rings. The van der Waals surface area contributed by atoms with Crippen LogP contribution in [0.5, 0.6) is 0 Å². The number of nitrogens with one attached hydrogen (secondary N) is 1. The van der Waals surface area contributed by atoms with Gasteiger partial charge in [0, 0.05) is 12.8 Å². The molecule has 6 nitrogen and oxygen atoms in total. The molecule has 0 aliphatic carbocycles. The number of carbonyl (C=O) groups is 3. The number of unbranched alkanes of at least 4 members (excludes halogenated alkanes) is 26. The molecule has 0 spiro atoms. The number of carboxylic acid groups (broad SMARTS) is 1. The van der Waals surface area contributed by atoms with Gasteiger partial charge in [-0.1, -0.05) is 179 Å². The number of allylic oxidation sites excluding steroid dienone is 4. The highest BCUT2D eigenvalue weighted by Crippen LogP contribution is 2.19. The lowest BCUT2D eigenvalue weighted by Gasteiger charge is -2.18. The predicted molar refractivity (Wildman–Crippen MR) is 222 cm³/mol. The fourth-order valence-corrected chi connectivity index (χ4v) is 6.78. The molecule has 0 saturated carbocycles. The van der Waals surface area contributed by atoms with E-state index in [1.807, 2.05) is 0 Å². The first-order valence-corrected chi connectivity index (χ1v) is 22.5. The van der Waals surface area contributed by atoms with Crippen LogP contribution in [0.25, 0.3) is 0 Å². The Labute approximate surface area is 322 Å². The number of carboxylic acids is 1. The van der Waals surface area contributed by atoms with E-state index in [0.717, 1.165) is 70.6 Å². The monoisotopic (exact) mass is 732 g/mol. The van der Waals surface area contributed by atoms with Gasteiger partial charge in [0.05, 0.1) is 0 Å². The summed E-state index contributed by atoms with van der Waals surface area (Å²) in [6, 6.07) is 0. The number of ether oxygens (including phenoxy) is 1. The Morgan fingerprint density at radius 3 is 1.33 bits per heavy atom. The van der Waals surface area contributed by atoms with E-state index in [0.29, 0.717) is 12.8 Å². The van der Waals surface area contributed by atoms with Crippen LogP contribution in [0.3, 0.4) is 0 Å². The van der Waals surface area contributed by atoms with Crippen molar-refractivity contribution in [3.63, 3.8) is 0 Å². The van der Waals surface area contributed by atoms with E-state index in [1.165, 1.54) is 141 Å². The number of aliphatic carboxylic acids is 1. The van der Waals surface area contributed by atoms with Gasteiger partial charge < -0.3 is 15.2 Å². The Balaban J connectivity index is 4.00. The Morgan fingerprint density at radius 1 is 0.500 bits per heavy atom. The van der Waals surface area contributed by atoms with Crippen molar-refractivity contribution in [3.8, 4) is 0 Å². The highest BCUT2D eigenvalue weighted by molar-refractivity contribution is 5.80. The van der Waals surface area contributed by atoms with Crippen LogP contribution in [0.1, 0.15) is 239 Å². The number of hydrogen-bond acceptors (Lipinski definition) is 4. The van der Waals surface area contributed by atoms with Crippen molar-refractivity contribution in [1.82, 2.24) is 5.32 Å². The molecule has 1 atom stereocenters. The van der Waals surface area contributed by atoms with Crippen molar-refractivity contribution in [2.45, 2.75) is 245 Å². The lowest BCUT2D eigenvalue weighted by molar-refractivity contribution is -0.150. The van der Waals surface area contributed by atoms with Crippen molar-refractivity contribution in [2.24, 2.45) is 0 Å². The molecule has 0 heterocycles. The van der Waals surface area contributed by atoms with Crippen LogP contribution >= 0.6 is 0 Å². The quantitative estimate of drug-likeness (QED) is 0.0371. The summed E-state index contributed by atoms with van der Waals surface area (Å²) in [5, 5.41) is 11.1. The maximum Gasteiger partial charge on any atom is 0.322 e. The van der Waals surface area contributed by atoms with E-state index in [-0.39, 0.29) is 24.5 Å². The number of esters is 1. The second-order valence-corrected chi connectivity index (χ2v) is 15.3. The average Bonchev–Trinajstić information content (AvgIpc) is 3.13. The molecule has 52 heavy (non-hydrogen) atoms. The fourth-order valence-electron chi connectivity index (χ4n) is 6.78. The van der Waals surface area contributed by atoms with E-state index in [2.05, 4.69) is 43.5 Å². The molecule has 1 amide bonds. The van der Waals surface area contributed by atoms with Crippen LogP contribution in [-0.2, 0) is 19.1 Å². The first-order valence-electron chi connectivity index (χ1n) is 22.5. The zero-order valence-electron chi connectivity index (χ0n) is 34.4. The third-order valence-corrected chi connectivity index (χ3v) is 10.1. The van der Waals surface area contributed by atoms with Crippen LogP contribution in [0.4, 0.5) is 0 Å². The van der Waals surface area contributed by atoms with E-state index in [9.17, 15) is 14.4 Å². The summed E-state index contributed by atoms with van der Waals surface area (Å²) >= 11 is 0. The maximum atomic E-state index is 12.7. The molecule has 2 N–H and O–H groups in total. The third kappa shape index (κ3) is 40.7. The zero-order valence-corrected chi connectivity index (χ0v) is 34.4. The molecule has 0 rings (SSSR count). The van der Waals surface area contributed by atoms with Gasteiger partial charge in [0.25, 0.3) is 0 Å². The molecule has 304 valence electrons. The summed E-state index contributed by atoms with van der Waals surface area (Å²) in [4.78, 5) is 35.0. The molecule has 0 fully saturated rings. The number of hydrogen-bond donors (Lipinski definition) is 2. The summed E-state index contributed by atoms with van der Waals surface area (Å²) in [6.07, 6.45) is 50.2. The van der Waals surface area contributed by atoms with Crippen molar-refractivity contribution < 1.29 is 24.2 Å². The Bertz CT molecular complexity index is 854. The molecular weight excluding hydrogens is 647 g/mol. The van der Waals surface area contributed by atoms with E-state index < -0.39 is 5.97 Å². The topological polar surface area (TPSA) is 92.7 Å². The van der Waals surface area contributed by atoms with Gasteiger partial charge in [0.15, 0.2) is 0 Å². The van der Waals surface area contributed by atoms with Crippen LogP contribution in [0.2, 0.25) is 0 Å². The molecule has 0 bridgehead atoms. The van der Waals surface area contributed by atoms with Crippen molar-refractivity contribution >= 4 is 17.8 Å².